The van der Waals surface area contributed by atoms with Gasteiger partial charge < -0.3 is 10.5 Å². The van der Waals surface area contributed by atoms with Crippen molar-refractivity contribution in [3.8, 4) is 5.75 Å². The molecular formula is C13H21NO. The third-order valence-electron chi connectivity index (χ3n) is 2.39. The zero-order valence-electron chi connectivity index (χ0n) is 9.92. The molecule has 0 saturated carbocycles. The van der Waals surface area contributed by atoms with Crippen LogP contribution in [-0.4, -0.2) is 6.61 Å². The van der Waals surface area contributed by atoms with Gasteiger partial charge in [0.2, 0.25) is 0 Å². The maximum absolute atomic E-state index is 5.74. The fraction of sp³-hybridized carbons (Fsp3) is 0.538. The summed E-state index contributed by atoms with van der Waals surface area (Å²) in [5.41, 5.74) is 7.66. The first-order chi connectivity index (χ1) is 7.11. The summed E-state index contributed by atoms with van der Waals surface area (Å²) in [5.74, 6) is 1.49. The van der Waals surface area contributed by atoms with Gasteiger partial charge in [-0.3, -0.25) is 0 Å². The fourth-order valence-corrected chi connectivity index (χ4v) is 1.67. The maximum atomic E-state index is 5.74. The number of anilines is 1. The van der Waals surface area contributed by atoms with Gasteiger partial charge in [0.05, 0.1) is 6.61 Å². The normalized spacial score (nSPS) is 12.5. The molecule has 15 heavy (non-hydrogen) atoms. The summed E-state index contributed by atoms with van der Waals surface area (Å²) in [6.07, 6.45) is 2.42. The standard InChI is InChI=1S/C13H21NO/c1-4-5-10(2)9-15-13-7-11(3)6-12(14)8-13/h6-8,10H,4-5,9,14H2,1-3H3. The first-order valence-corrected chi connectivity index (χ1v) is 5.61. The molecule has 0 aromatic heterocycles. The van der Waals surface area contributed by atoms with E-state index in [2.05, 4.69) is 13.8 Å². The van der Waals surface area contributed by atoms with Crippen molar-refractivity contribution in [3.63, 3.8) is 0 Å². The number of benzene rings is 1. The third-order valence-corrected chi connectivity index (χ3v) is 2.39. The summed E-state index contributed by atoms with van der Waals surface area (Å²) < 4.78 is 5.70. The lowest BCUT2D eigenvalue weighted by Crippen LogP contribution is -2.08. The lowest BCUT2D eigenvalue weighted by molar-refractivity contribution is 0.251. The molecule has 0 saturated heterocycles. The Bertz CT molecular complexity index is 289. The number of hydrogen-bond acceptors (Lipinski definition) is 2. The van der Waals surface area contributed by atoms with Crippen molar-refractivity contribution in [3.05, 3.63) is 23.8 Å². The average molecular weight is 207 g/mol. The third kappa shape index (κ3) is 4.24. The molecule has 0 aliphatic rings. The predicted octanol–water partition coefficient (Wildman–Crippen LogP) is 3.39. The van der Waals surface area contributed by atoms with Gasteiger partial charge in [-0.1, -0.05) is 20.3 Å². The van der Waals surface area contributed by atoms with Crippen molar-refractivity contribution in [2.45, 2.75) is 33.6 Å². The van der Waals surface area contributed by atoms with Gasteiger partial charge >= 0.3 is 0 Å². The van der Waals surface area contributed by atoms with E-state index in [4.69, 9.17) is 10.5 Å². The van der Waals surface area contributed by atoms with Crippen LogP contribution in [0.15, 0.2) is 18.2 Å². The first-order valence-electron chi connectivity index (χ1n) is 5.61. The topological polar surface area (TPSA) is 35.2 Å². The molecule has 1 rings (SSSR count). The number of ether oxygens (including phenoxy) is 1. The van der Waals surface area contributed by atoms with Crippen molar-refractivity contribution in [1.82, 2.24) is 0 Å². The van der Waals surface area contributed by atoms with Crippen molar-refractivity contribution >= 4 is 5.69 Å². The Morgan fingerprint density at radius 3 is 2.67 bits per heavy atom. The van der Waals surface area contributed by atoms with E-state index in [0.29, 0.717) is 5.92 Å². The van der Waals surface area contributed by atoms with Crippen LogP contribution in [0.4, 0.5) is 5.69 Å². The van der Waals surface area contributed by atoms with Gasteiger partial charge in [-0.25, -0.2) is 0 Å². The van der Waals surface area contributed by atoms with Crippen LogP contribution in [-0.2, 0) is 0 Å². The molecule has 0 aliphatic carbocycles. The molecule has 1 aromatic carbocycles. The Hall–Kier alpha value is -1.18. The van der Waals surface area contributed by atoms with Crippen molar-refractivity contribution in [2.75, 3.05) is 12.3 Å². The Morgan fingerprint density at radius 1 is 1.33 bits per heavy atom. The largest absolute Gasteiger partial charge is 0.493 e. The van der Waals surface area contributed by atoms with E-state index in [1.165, 1.54) is 12.8 Å². The average Bonchev–Trinajstić information content (AvgIpc) is 2.14. The van der Waals surface area contributed by atoms with Crippen LogP contribution in [0.3, 0.4) is 0 Å². The van der Waals surface area contributed by atoms with E-state index in [9.17, 15) is 0 Å². The second-order valence-electron chi connectivity index (χ2n) is 4.28. The minimum absolute atomic E-state index is 0.608. The monoisotopic (exact) mass is 207 g/mol. The molecule has 1 atom stereocenters. The highest BCUT2D eigenvalue weighted by Crippen LogP contribution is 2.19. The number of hydrogen-bond donors (Lipinski definition) is 1. The molecule has 0 bridgehead atoms. The molecule has 2 N–H and O–H groups in total. The van der Waals surface area contributed by atoms with E-state index < -0.39 is 0 Å². The molecule has 84 valence electrons. The Kier molecular flexibility index (Phi) is 4.47. The first kappa shape index (κ1) is 11.9. The van der Waals surface area contributed by atoms with Crippen LogP contribution in [0.5, 0.6) is 5.75 Å². The molecule has 0 heterocycles. The number of nitrogen functional groups attached to an aromatic ring is 1. The second kappa shape index (κ2) is 5.64. The number of aryl methyl sites for hydroxylation is 1. The second-order valence-corrected chi connectivity index (χ2v) is 4.28. The Balaban J connectivity index is 2.50. The fourth-order valence-electron chi connectivity index (χ4n) is 1.67. The van der Waals surface area contributed by atoms with Gasteiger partial charge in [-0.05, 0) is 37.0 Å². The molecule has 0 fully saturated rings. The Labute approximate surface area is 92.4 Å². The molecule has 2 nitrogen and oxygen atoms in total. The van der Waals surface area contributed by atoms with E-state index in [-0.39, 0.29) is 0 Å². The van der Waals surface area contributed by atoms with Gasteiger partial charge in [0.15, 0.2) is 0 Å². The highest BCUT2D eigenvalue weighted by Gasteiger charge is 2.02. The summed E-state index contributed by atoms with van der Waals surface area (Å²) in [5, 5.41) is 0. The smallest absolute Gasteiger partial charge is 0.121 e. The van der Waals surface area contributed by atoms with Gasteiger partial charge in [0.25, 0.3) is 0 Å². The van der Waals surface area contributed by atoms with Gasteiger partial charge in [0.1, 0.15) is 5.75 Å². The van der Waals surface area contributed by atoms with E-state index >= 15 is 0 Å². The van der Waals surface area contributed by atoms with E-state index in [1.807, 2.05) is 25.1 Å². The van der Waals surface area contributed by atoms with Crippen molar-refractivity contribution in [1.29, 1.82) is 0 Å². The molecular weight excluding hydrogens is 186 g/mol. The van der Waals surface area contributed by atoms with Gasteiger partial charge in [0, 0.05) is 11.8 Å². The molecule has 0 radical (unpaired) electrons. The SMILES string of the molecule is CCCC(C)COc1cc(C)cc(N)c1. The van der Waals surface area contributed by atoms with Gasteiger partial charge in [-0.15, -0.1) is 0 Å². The van der Waals surface area contributed by atoms with Crippen molar-refractivity contribution < 1.29 is 4.74 Å². The van der Waals surface area contributed by atoms with Crippen LogP contribution in [0.1, 0.15) is 32.3 Å². The minimum atomic E-state index is 0.608. The summed E-state index contributed by atoms with van der Waals surface area (Å²) in [6.45, 7) is 7.21. The van der Waals surface area contributed by atoms with Crippen LogP contribution in [0, 0.1) is 12.8 Å². The highest BCUT2D eigenvalue weighted by molar-refractivity contribution is 5.47. The molecule has 0 spiro atoms. The summed E-state index contributed by atoms with van der Waals surface area (Å²) in [6, 6.07) is 5.85. The van der Waals surface area contributed by atoms with E-state index in [1.54, 1.807) is 0 Å². The molecule has 1 unspecified atom stereocenters. The quantitative estimate of drug-likeness (QED) is 0.751. The predicted molar refractivity (Wildman–Crippen MR) is 65.2 cm³/mol. The van der Waals surface area contributed by atoms with E-state index in [0.717, 1.165) is 23.6 Å². The van der Waals surface area contributed by atoms with Crippen LogP contribution < -0.4 is 10.5 Å². The summed E-state index contributed by atoms with van der Waals surface area (Å²) in [7, 11) is 0. The summed E-state index contributed by atoms with van der Waals surface area (Å²) >= 11 is 0. The molecule has 0 amide bonds. The highest BCUT2D eigenvalue weighted by atomic mass is 16.5. The van der Waals surface area contributed by atoms with Crippen LogP contribution >= 0.6 is 0 Å². The van der Waals surface area contributed by atoms with Crippen molar-refractivity contribution in [2.24, 2.45) is 5.92 Å². The molecule has 1 aromatic rings. The van der Waals surface area contributed by atoms with Crippen LogP contribution in [0.2, 0.25) is 0 Å². The number of rotatable bonds is 5. The molecule has 2 heteroatoms. The Morgan fingerprint density at radius 2 is 2.07 bits per heavy atom. The van der Waals surface area contributed by atoms with Gasteiger partial charge in [-0.2, -0.15) is 0 Å². The zero-order chi connectivity index (χ0) is 11.3. The number of nitrogens with two attached hydrogens (primary N) is 1. The summed E-state index contributed by atoms with van der Waals surface area (Å²) in [4.78, 5) is 0. The maximum Gasteiger partial charge on any atom is 0.121 e. The zero-order valence-corrected chi connectivity index (χ0v) is 9.92. The van der Waals surface area contributed by atoms with Crippen LogP contribution in [0.25, 0.3) is 0 Å². The minimum Gasteiger partial charge on any atom is -0.493 e. The molecule has 0 aliphatic heterocycles. The lowest BCUT2D eigenvalue weighted by Gasteiger charge is -2.12. The lowest BCUT2D eigenvalue weighted by atomic mass is 10.1.